The molecule has 0 radical (unpaired) electrons. The molecule has 266 valence electrons. The smallest absolute Gasteiger partial charge is 0.367 e. The van der Waals surface area contributed by atoms with Gasteiger partial charge in [-0.15, -0.1) is 0 Å². The Hall–Kier alpha value is -4.17. The molecule has 0 bridgehead atoms. The van der Waals surface area contributed by atoms with Gasteiger partial charge in [-0.25, -0.2) is 4.58 Å². The van der Waals surface area contributed by atoms with Gasteiger partial charge in [-0.1, -0.05) is 54.6 Å². The third-order valence-corrected chi connectivity index (χ3v) is 11.0. The van der Waals surface area contributed by atoms with Crippen molar-refractivity contribution in [1.29, 1.82) is 0 Å². The SMILES string of the molecule is CCN(Cc1cccc(S(=O)(=O)O)c1)c1ccc(C(=C2C=CC(=[N+](CC)Cc3cccc(S(=O)(=O)O)c3)C=C2)c2ccccc2S(=O)(=O)O)cc1.[Al+3]. The average molecular weight is 777 g/mol. The molecule has 0 aliphatic heterocycles. The fourth-order valence-corrected chi connectivity index (χ4v) is 7.67. The van der Waals surface area contributed by atoms with E-state index < -0.39 is 30.4 Å². The summed E-state index contributed by atoms with van der Waals surface area (Å²) in [4.78, 5) is 1.37. The van der Waals surface area contributed by atoms with Crippen LogP contribution in [0, 0.1) is 0 Å². The Balaban J connectivity index is 0.00000605. The van der Waals surface area contributed by atoms with Crippen LogP contribution in [0.25, 0.3) is 5.57 Å². The van der Waals surface area contributed by atoms with E-state index in [9.17, 15) is 38.9 Å². The zero-order valence-electron chi connectivity index (χ0n) is 28.4. The Bertz CT molecular complexity index is 2400. The number of nitrogens with zero attached hydrogens (tertiary/aromatic N) is 2. The first-order chi connectivity index (χ1) is 24.1. The molecule has 1 aliphatic rings. The van der Waals surface area contributed by atoms with Gasteiger partial charge in [0.2, 0.25) is 0 Å². The fraction of sp³-hybridized carbons (Fsp3) is 0.162. The van der Waals surface area contributed by atoms with Crippen LogP contribution in [0.1, 0.15) is 36.1 Å². The molecule has 0 atom stereocenters. The van der Waals surface area contributed by atoms with E-state index in [1.54, 1.807) is 36.4 Å². The summed E-state index contributed by atoms with van der Waals surface area (Å²) in [5.74, 6) is 0. The Morgan fingerprint density at radius 3 is 1.75 bits per heavy atom. The summed E-state index contributed by atoms with van der Waals surface area (Å²) in [6, 6.07) is 25.8. The molecular weight excluding hydrogens is 740 g/mol. The zero-order chi connectivity index (χ0) is 37.0. The number of allylic oxidation sites excluding steroid dienone is 5. The van der Waals surface area contributed by atoms with Crippen LogP contribution < -0.4 is 4.90 Å². The largest absolute Gasteiger partial charge is 3.00 e. The van der Waals surface area contributed by atoms with Crippen molar-refractivity contribution in [3.05, 3.63) is 149 Å². The van der Waals surface area contributed by atoms with Crippen molar-refractivity contribution in [3.63, 3.8) is 0 Å². The number of hydrogen-bond donors (Lipinski definition) is 3. The van der Waals surface area contributed by atoms with Gasteiger partial charge in [0.1, 0.15) is 11.4 Å². The van der Waals surface area contributed by atoms with Crippen molar-refractivity contribution in [2.24, 2.45) is 0 Å². The minimum Gasteiger partial charge on any atom is -0.367 e. The second kappa shape index (κ2) is 16.7. The molecule has 15 heteroatoms. The van der Waals surface area contributed by atoms with Crippen molar-refractivity contribution in [2.45, 2.75) is 41.6 Å². The van der Waals surface area contributed by atoms with Crippen molar-refractivity contribution < 1.29 is 43.5 Å². The van der Waals surface area contributed by atoms with E-state index in [-0.39, 0.29) is 32.0 Å². The van der Waals surface area contributed by atoms with Gasteiger partial charge in [0, 0.05) is 42.1 Å². The number of benzene rings is 4. The Labute approximate surface area is 315 Å². The molecule has 0 saturated carbocycles. The molecule has 11 nitrogen and oxygen atoms in total. The zero-order valence-corrected chi connectivity index (χ0v) is 32.0. The summed E-state index contributed by atoms with van der Waals surface area (Å²) >= 11 is 0. The molecule has 0 amide bonds. The molecule has 0 heterocycles. The monoisotopic (exact) mass is 776 g/mol. The number of rotatable bonds is 12. The van der Waals surface area contributed by atoms with Crippen LogP contribution in [-0.4, -0.2) is 79.6 Å². The maximum Gasteiger partial charge on any atom is 3.00 e. The van der Waals surface area contributed by atoms with Crippen LogP contribution in [0.4, 0.5) is 5.69 Å². The van der Waals surface area contributed by atoms with Gasteiger partial charge in [0.05, 0.1) is 9.79 Å². The Kier molecular flexibility index (Phi) is 13.0. The van der Waals surface area contributed by atoms with E-state index in [1.165, 1.54) is 36.4 Å². The summed E-state index contributed by atoms with van der Waals surface area (Å²) in [5.41, 5.74) is 5.16. The molecule has 0 fully saturated rings. The summed E-state index contributed by atoms with van der Waals surface area (Å²) in [7, 11) is -13.3. The van der Waals surface area contributed by atoms with E-state index in [0.29, 0.717) is 59.6 Å². The minimum absolute atomic E-state index is 0. The predicted octanol–water partition coefficient (Wildman–Crippen LogP) is 5.67. The Morgan fingerprint density at radius 1 is 0.654 bits per heavy atom. The average Bonchev–Trinajstić information content (AvgIpc) is 3.10. The van der Waals surface area contributed by atoms with Crippen LogP contribution in [0.15, 0.2) is 142 Å². The summed E-state index contributed by atoms with van der Waals surface area (Å²) < 4.78 is 103. The van der Waals surface area contributed by atoms with E-state index in [0.717, 1.165) is 11.4 Å². The molecule has 3 N–H and O–H groups in total. The van der Waals surface area contributed by atoms with Crippen LogP contribution in [0.5, 0.6) is 0 Å². The molecule has 0 saturated heterocycles. The van der Waals surface area contributed by atoms with Crippen LogP contribution in [-0.2, 0) is 43.4 Å². The van der Waals surface area contributed by atoms with Crippen LogP contribution in [0.2, 0.25) is 0 Å². The molecule has 0 spiro atoms. The van der Waals surface area contributed by atoms with Gasteiger partial charge in [0.15, 0.2) is 12.3 Å². The number of anilines is 1. The molecule has 4 aromatic carbocycles. The third-order valence-electron chi connectivity index (χ3n) is 8.38. The van der Waals surface area contributed by atoms with Crippen LogP contribution >= 0.6 is 0 Å². The summed E-state index contributed by atoms with van der Waals surface area (Å²) in [5, 5.41) is 0. The first-order valence-electron chi connectivity index (χ1n) is 15.9. The molecule has 52 heavy (non-hydrogen) atoms. The number of hydrogen-bond acceptors (Lipinski definition) is 7. The van der Waals surface area contributed by atoms with Gasteiger partial charge in [-0.2, -0.15) is 25.3 Å². The van der Waals surface area contributed by atoms with Gasteiger partial charge in [0.25, 0.3) is 30.4 Å². The van der Waals surface area contributed by atoms with Gasteiger partial charge in [-0.05, 0) is 90.7 Å². The third kappa shape index (κ3) is 9.82. The first kappa shape index (κ1) is 40.6. The molecule has 0 unspecified atom stereocenters. The molecule has 1 aliphatic carbocycles. The maximum atomic E-state index is 12.5. The van der Waals surface area contributed by atoms with E-state index >= 15 is 0 Å². The molecule has 4 aromatic rings. The van der Waals surface area contributed by atoms with E-state index in [2.05, 4.69) is 0 Å². The second-order valence-electron chi connectivity index (χ2n) is 11.7. The quantitative estimate of drug-likeness (QED) is 0.0926. The molecule has 5 rings (SSSR count). The topological polar surface area (TPSA) is 169 Å². The van der Waals surface area contributed by atoms with Crippen LogP contribution in [0.3, 0.4) is 0 Å². The fourth-order valence-electron chi connectivity index (χ4n) is 5.87. The predicted molar refractivity (Wildman–Crippen MR) is 202 cm³/mol. The van der Waals surface area contributed by atoms with Gasteiger partial charge < -0.3 is 4.90 Å². The van der Waals surface area contributed by atoms with Crippen molar-refractivity contribution in [2.75, 3.05) is 18.0 Å². The Morgan fingerprint density at radius 2 is 1.21 bits per heavy atom. The van der Waals surface area contributed by atoms with Crippen molar-refractivity contribution in [3.8, 4) is 0 Å². The van der Waals surface area contributed by atoms with Gasteiger partial charge in [-0.3, -0.25) is 13.7 Å². The molecular formula is C37H37AlN2O9S3+4. The normalized spacial score (nSPS) is 13.1. The minimum atomic E-state index is -4.60. The van der Waals surface area contributed by atoms with Gasteiger partial charge >= 0.3 is 17.4 Å². The summed E-state index contributed by atoms with van der Waals surface area (Å²) in [6.45, 7) is 5.77. The van der Waals surface area contributed by atoms with Crippen molar-refractivity contribution >= 4 is 64.7 Å². The van der Waals surface area contributed by atoms with E-state index in [4.69, 9.17) is 0 Å². The van der Waals surface area contributed by atoms with Crippen molar-refractivity contribution in [1.82, 2.24) is 0 Å². The van der Waals surface area contributed by atoms with E-state index in [1.807, 2.05) is 71.9 Å². The summed E-state index contributed by atoms with van der Waals surface area (Å²) in [6.07, 6.45) is 7.43. The maximum absolute atomic E-state index is 12.5. The second-order valence-corrected chi connectivity index (χ2v) is 15.9. The standard InChI is InChI=1S/C37H36N2O9S3.Al/c1-3-38(25-27-9-7-11-33(23-27)49(40,41)42)31-19-15-29(16-20-31)37(35-13-5-6-14-36(35)51(46,47)48)30-17-21-32(22-18-30)39(4-2)26-28-10-8-12-34(24-28)50(43,44)45;/h5-24H,3-4,25-26H2,1-2H3,(H2-,40,41,42,43,44,45,46,47,48);/q;+3/p+1. The first-order valence-corrected chi connectivity index (χ1v) is 20.2. The molecule has 0 aromatic heterocycles.